The van der Waals surface area contributed by atoms with E-state index in [9.17, 15) is 4.79 Å². The first-order valence-electron chi connectivity index (χ1n) is 6.97. The molecule has 0 spiro atoms. The fourth-order valence-corrected chi connectivity index (χ4v) is 4.50. The number of hydrogen-bond acceptors (Lipinski definition) is 5. The Labute approximate surface area is 128 Å². The molecule has 110 valence electrons. The van der Waals surface area contributed by atoms with Gasteiger partial charge < -0.3 is 10.6 Å². The van der Waals surface area contributed by atoms with Gasteiger partial charge in [0.25, 0.3) is 5.91 Å². The Hall–Kier alpha value is -0.880. The molecular formula is C14H21N3OS2. The number of aromatic nitrogens is 1. The molecule has 2 rings (SSSR count). The summed E-state index contributed by atoms with van der Waals surface area (Å²) in [5, 5.41) is 6.78. The van der Waals surface area contributed by atoms with Crippen molar-refractivity contribution in [1.82, 2.24) is 10.3 Å². The predicted molar refractivity (Wildman–Crippen MR) is 88.9 cm³/mol. The Morgan fingerprint density at radius 3 is 3.15 bits per heavy atom. The third-order valence-corrected chi connectivity index (χ3v) is 5.79. The molecule has 2 heterocycles. The molecule has 6 heteroatoms. The van der Waals surface area contributed by atoms with Crippen LogP contribution in [-0.2, 0) is 0 Å². The van der Waals surface area contributed by atoms with Crippen LogP contribution in [0.5, 0.6) is 0 Å². The van der Waals surface area contributed by atoms with Gasteiger partial charge in [0.1, 0.15) is 5.69 Å². The first-order chi connectivity index (χ1) is 9.79. The van der Waals surface area contributed by atoms with Gasteiger partial charge in [-0.3, -0.25) is 9.78 Å². The van der Waals surface area contributed by atoms with Crippen LogP contribution in [0, 0.1) is 0 Å². The molecule has 0 aromatic carbocycles. The van der Waals surface area contributed by atoms with Crippen molar-refractivity contribution in [2.45, 2.75) is 18.6 Å². The largest absolute Gasteiger partial charge is 0.385 e. The van der Waals surface area contributed by atoms with Crippen molar-refractivity contribution in [1.29, 1.82) is 0 Å². The second kappa shape index (κ2) is 8.42. The maximum atomic E-state index is 12.1. The van der Waals surface area contributed by atoms with E-state index in [0.717, 1.165) is 31.0 Å². The van der Waals surface area contributed by atoms with E-state index in [4.69, 9.17) is 0 Å². The topological polar surface area (TPSA) is 54.0 Å². The summed E-state index contributed by atoms with van der Waals surface area (Å²) in [5.41, 5.74) is 1.44. The fraction of sp³-hybridized carbons (Fsp3) is 0.571. The molecule has 20 heavy (non-hydrogen) atoms. The van der Waals surface area contributed by atoms with Gasteiger partial charge in [-0.2, -0.15) is 23.5 Å². The van der Waals surface area contributed by atoms with Crippen LogP contribution in [0.1, 0.15) is 23.8 Å². The van der Waals surface area contributed by atoms with Gasteiger partial charge in [0, 0.05) is 47.5 Å². The van der Waals surface area contributed by atoms with E-state index in [1.54, 1.807) is 6.20 Å². The number of carbonyl (C=O) groups is 1. The van der Waals surface area contributed by atoms with Crippen LogP contribution < -0.4 is 10.6 Å². The third-order valence-electron chi connectivity index (χ3n) is 2.95. The zero-order chi connectivity index (χ0) is 14.2. The van der Waals surface area contributed by atoms with Crippen LogP contribution in [0.2, 0.25) is 0 Å². The molecule has 0 saturated carbocycles. The molecule has 4 nitrogen and oxygen atoms in total. The summed E-state index contributed by atoms with van der Waals surface area (Å²) < 4.78 is 0. The number of nitrogens with one attached hydrogen (secondary N) is 2. The van der Waals surface area contributed by atoms with E-state index in [0.29, 0.717) is 10.9 Å². The van der Waals surface area contributed by atoms with Gasteiger partial charge in [-0.25, -0.2) is 0 Å². The van der Waals surface area contributed by atoms with E-state index >= 15 is 0 Å². The molecule has 1 unspecified atom stereocenters. The molecule has 0 bridgehead atoms. The van der Waals surface area contributed by atoms with Crippen molar-refractivity contribution in [3.8, 4) is 0 Å². The van der Waals surface area contributed by atoms with Crippen LogP contribution in [0.25, 0.3) is 0 Å². The number of carbonyl (C=O) groups excluding carboxylic acids is 1. The lowest BCUT2D eigenvalue weighted by Gasteiger charge is -2.21. The van der Waals surface area contributed by atoms with Crippen molar-refractivity contribution < 1.29 is 4.79 Å². The molecule has 2 N–H and O–H groups in total. The van der Waals surface area contributed by atoms with Gasteiger partial charge in [0.15, 0.2) is 0 Å². The lowest BCUT2D eigenvalue weighted by Crippen LogP contribution is -2.33. The minimum atomic E-state index is -0.0821. The zero-order valence-corrected chi connectivity index (χ0v) is 13.4. The summed E-state index contributed by atoms with van der Waals surface area (Å²) in [6.45, 7) is 3.74. The quantitative estimate of drug-likeness (QED) is 0.845. The van der Waals surface area contributed by atoms with Gasteiger partial charge in [-0.1, -0.05) is 6.92 Å². The summed E-state index contributed by atoms with van der Waals surface area (Å²) in [6.07, 6.45) is 2.73. The SMILES string of the molecule is CCCNc1ccnc(C(=O)NCC2CSCCS2)c1. The number of anilines is 1. The average molecular weight is 311 g/mol. The molecule has 1 atom stereocenters. The van der Waals surface area contributed by atoms with Crippen LogP contribution in [-0.4, -0.2) is 46.5 Å². The van der Waals surface area contributed by atoms with E-state index in [-0.39, 0.29) is 5.91 Å². The first kappa shape index (κ1) is 15.5. The highest BCUT2D eigenvalue weighted by Gasteiger charge is 2.16. The normalized spacial score (nSPS) is 18.6. The maximum absolute atomic E-state index is 12.1. The maximum Gasteiger partial charge on any atom is 0.269 e. The Morgan fingerprint density at radius 2 is 2.40 bits per heavy atom. The summed E-state index contributed by atoms with van der Waals surface area (Å²) in [5.74, 6) is 3.44. The van der Waals surface area contributed by atoms with Gasteiger partial charge in [0.05, 0.1) is 0 Å². The zero-order valence-electron chi connectivity index (χ0n) is 11.7. The standard InChI is InChI=1S/C14H21N3OS2/c1-2-4-15-11-3-5-16-13(8-11)14(18)17-9-12-10-19-6-7-20-12/h3,5,8,12H,2,4,6-7,9-10H2,1H3,(H,15,16)(H,17,18). The lowest BCUT2D eigenvalue weighted by atomic mass is 10.3. The van der Waals surface area contributed by atoms with Crippen LogP contribution in [0.3, 0.4) is 0 Å². The Bertz CT molecular complexity index is 436. The van der Waals surface area contributed by atoms with E-state index in [2.05, 4.69) is 22.5 Å². The minimum Gasteiger partial charge on any atom is -0.385 e. The summed E-state index contributed by atoms with van der Waals surface area (Å²) in [7, 11) is 0. The second-order valence-corrected chi connectivity index (χ2v) is 7.19. The highest BCUT2D eigenvalue weighted by Crippen LogP contribution is 2.23. The highest BCUT2D eigenvalue weighted by atomic mass is 32.2. The molecule has 1 amide bonds. The highest BCUT2D eigenvalue weighted by molar-refractivity contribution is 8.06. The molecule has 1 saturated heterocycles. The van der Waals surface area contributed by atoms with Crippen molar-refractivity contribution in [3.63, 3.8) is 0 Å². The van der Waals surface area contributed by atoms with Crippen molar-refractivity contribution in [3.05, 3.63) is 24.0 Å². The molecule has 1 aromatic heterocycles. The van der Waals surface area contributed by atoms with Gasteiger partial charge in [0.2, 0.25) is 0 Å². The smallest absolute Gasteiger partial charge is 0.269 e. The number of rotatable bonds is 6. The van der Waals surface area contributed by atoms with Crippen LogP contribution in [0.15, 0.2) is 18.3 Å². The molecule has 1 aromatic rings. The predicted octanol–water partition coefficient (Wildman–Crippen LogP) is 2.48. The van der Waals surface area contributed by atoms with Crippen molar-refractivity contribution in [2.75, 3.05) is 35.7 Å². The summed E-state index contributed by atoms with van der Waals surface area (Å²) in [4.78, 5) is 16.2. The van der Waals surface area contributed by atoms with Crippen LogP contribution >= 0.6 is 23.5 Å². The molecule has 1 fully saturated rings. The summed E-state index contributed by atoms with van der Waals surface area (Å²) >= 11 is 3.91. The fourth-order valence-electron chi connectivity index (χ4n) is 1.89. The van der Waals surface area contributed by atoms with Gasteiger partial charge in [-0.05, 0) is 18.6 Å². The Balaban J connectivity index is 1.84. The van der Waals surface area contributed by atoms with E-state index in [1.807, 2.05) is 35.7 Å². The number of amides is 1. The monoisotopic (exact) mass is 311 g/mol. The first-order valence-corrected chi connectivity index (χ1v) is 9.17. The third kappa shape index (κ3) is 4.90. The summed E-state index contributed by atoms with van der Waals surface area (Å²) in [6, 6.07) is 3.70. The Kier molecular flexibility index (Phi) is 6.53. The minimum absolute atomic E-state index is 0.0821. The average Bonchev–Trinajstić information content (AvgIpc) is 2.52. The van der Waals surface area contributed by atoms with E-state index in [1.165, 1.54) is 11.5 Å². The van der Waals surface area contributed by atoms with Crippen molar-refractivity contribution >= 4 is 35.1 Å². The van der Waals surface area contributed by atoms with Gasteiger partial charge in [-0.15, -0.1) is 0 Å². The molecular weight excluding hydrogens is 290 g/mol. The second-order valence-electron chi connectivity index (χ2n) is 4.63. The molecule has 1 aliphatic rings. The lowest BCUT2D eigenvalue weighted by molar-refractivity contribution is 0.0949. The van der Waals surface area contributed by atoms with E-state index < -0.39 is 0 Å². The number of thioether (sulfide) groups is 2. The molecule has 0 aliphatic carbocycles. The Morgan fingerprint density at radius 1 is 1.50 bits per heavy atom. The molecule has 1 aliphatic heterocycles. The van der Waals surface area contributed by atoms with Gasteiger partial charge >= 0.3 is 0 Å². The number of nitrogens with zero attached hydrogens (tertiary/aromatic N) is 1. The number of hydrogen-bond donors (Lipinski definition) is 2. The van der Waals surface area contributed by atoms with Crippen molar-refractivity contribution in [2.24, 2.45) is 0 Å². The number of pyridine rings is 1. The van der Waals surface area contributed by atoms with Crippen LogP contribution in [0.4, 0.5) is 5.69 Å². The molecule has 0 radical (unpaired) electrons.